The Hall–Kier alpha value is -1.81. The zero-order chi connectivity index (χ0) is 13.9. The summed E-state index contributed by atoms with van der Waals surface area (Å²) in [5.74, 6) is 0. The van der Waals surface area contributed by atoms with Gasteiger partial charge in [0.15, 0.2) is 0 Å². The van der Waals surface area contributed by atoms with Crippen LogP contribution < -0.4 is 10.6 Å². The first kappa shape index (κ1) is 13.2. The highest BCUT2D eigenvalue weighted by atomic mass is 15.2. The smallest absolute Gasteiger partial charge is 0.0568 e. The molecule has 1 aliphatic heterocycles. The lowest BCUT2D eigenvalue weighted by Gasteiger charge is -2.26. The molecule has 2 aromatic rings. The molecule has 4 nitrogen and oxygen atoms in total. The average Bonchev–Trinajstić information content (AvgIpc) is 2.88. The quantitative estimate of drug-likeness (QED) is 0.900. The van der Waals surface area contributed by atoms with Crippen LogP contribution in [-0.2, 0) is 7.05 Å². The summed E-state index contributed by atoms with van der Waals surface area (Å²) < 4.78 is 1.85. The van der Waals surface area contributed by atoms with E-state index in [0.29, 0.717) is 6.04 Å². The molecule has 3 rings (SSSR count). The second-order valence-electron chi connectivity index (χ2n) is 5.64. The maximum Gasteiger partial charge on any atom is 0.0568 e. The Kier molecular flexibility index (Phi) is 3.74. The van der Waals surface area contributed by atoms with E-state index in [1.807, 2.05) is 17.9 Å². The summed E-state index contributed by atoms with van der Waals surface area (Å²) >= 11 is 0. The van der Waals surface area contributed by atoms with Gasteiger partial charge in [-0.25, -0.2) is 0 Å². The first-order chi connectivity index (χ1) is 9.72. The van der Waals surface area contributed by atoms with Gasteiger partial charge in [0.2, 0.25) is 0 Å². The number of hydrogen-bond acceptors (Lipinski definition) is 3. The number of aromatic nitrogens is 2. The molecular weight excluding hydrogens is 248 g/mol. The van der Waals surface area contributed by atoms with Gasteiger partial charge in [-0.3, -0.25) is 4.68 Å². The molecule has 0 spiro atoms. The third kappa shape index (κ3) is 2.85. The van der Waals surface area contributed by atoms with Crippen molar-refractivity contribution in [3.05, 3.63) is 36.2 Å². The summed E-state index contributed by atoms with van der Waals surface area (Å²) in [6.45, 7) is 4.31. The molecule has 0 amide bonds. The maximum absolute atomic E-state index is 4.29. The summed E-state index contributed by atoms with van der Waals surface area (Å²) in [4.78, 5) is 0. The molecule has 1 aromatic heterocycles. The van der Waals surface area contributed by atoms with E-state index < -0.39 is 0 Å². The third-order valence-corrected chi connectivity index (χ3v) is 3.85. The molecule has 1 aliphatic rings. The van der Waals surface area contributed by atoms with E-state index >= 15 is 0 Å². The number of nitrogens with zero attached hydrogens (tertiary/aromatic N) is 2. The van der Waals surface area contributed by atoms with Crippen LogP contribution in [0.25, 0.3) is 11.1 Å². The van der Waals surface area contributed by atoms with Gasteiger partial charge in [-0.2, -0.15) is 5.10 Å². The van der Waals surface area contributed by atoms with E-state index in [9.17, 15) is 0 Å². The lowest BCUT2D eigenvalue weighted by atomic mass is 10.0. The number of rotatable bonds is 3. The van der Waals surface area contributed by atoms with Crippen LogP contribution in [0.2, 0.25) is 0 Å². The Bertz CT molecular complexity index is 582. The highest BCUT2D eigenvalue weighted by Gasteiger charge is 2.15. The zero-order valence-electron chi connectivity index (χ0n) is 12.2. The Labute approximate surface area is 120 Å². The van der Waals surface area contributed by atoms with Crippen molar-refractivity contribution in [3.63, 3.8) is 0 Å². The van der Waals surface area contributed by atoms with Crippen molar-refractivity contribution in [1.82, 2.24) is 15.1 Å². The van der Waals surface area contributed by atoms with Crippen molar-refractivity contribution in [3.8, 4) is 11.1 Å². The number of benzene rings is 1. The van der Waals surface area contributed by atoms with Crippen molar-refractivity contribution in [2.24, 2.45) is 7.05 Å². The van der Waals surface area contributed by atoms with Crippen molar-refractivity contribution in [2.45, 2.75) is 25.8 Å². The lowest BCUT2D eigenvalue weighted by Crippen LogP contribution is -2.38. The van der Waals surface area contributed by atoms with Gasteiger partial charge in [-0.15, -0.1) is 0 Å². The maximum atomic E-state index is 4.29. The van der Waals surface area contributed by atoms with Gasteiger partial charge in [-0.1, -0.05) is 11.6 Å². The Balaban J connectivity index is 1.89. The minimum atomic E-state index is 0.516. The molecule has 0 unspecified atom stereocenters. The molecule has 0 saturated carbocycles. The molecule has 2 heterocycles. The third-order valence-electron chi connectivity index (χ3n) is 3.85. The number of nitrogens with one attached hydrogen (secondary N) is 2. The Morgan fingerprint density at radius 1 is 1.40 bits per heavy atom. The van der Waals surface area contributed by atoms with Crippen LogP contribution in [0.1, 0.15) is 18.4 Å². The van der Waals surface area contributed by atoms with Crippen LogP contribution in [0.4, 0.5) is 5.69 Å². The Morgan fingerprint density at radius 2 is 2.30 bits per heavy atom. The van der Waals surface area contributed by atoms with Gasteiger partial charge in [0.25, 0.3) is 0 Å². The van der Waals surface area contributed by atoms with Crippen LogP contribution in [-0.4, -0.2) is 28.9 Å². The summed E-state index contributed by atoms with van der Waals surface area (Å²) in [7, 11) is 1.96. The summed E-state index contributed by atoms with van der Waals surface area (Å²) in [5.41, 5.74) is 4.89. The van der Waals surface area contributed by atoms with Crippen molar-refractivity contribution in [2.75, 3.05) is 18.4 Å². The molecular formula is C16H22N4. The molecule has 0 aliphatic carbocycles. The van der Waals surface area contributed by atoms with Crippen LogP contribution >= 0.6 is 0 Å². The Morgan fingerprint density at radius 3 is 3.00 bits per heavy atom. The lowest BCUT2D eigenvalue weighted by molar-refractivity contribution is 0.480. The molecule has 20 heavy (non-hydrogen) atoms. The van der Waals surface area contributed by atoms with Crippen molar-refractivity contribution in [1.29, 1.82) is 0 Å². The molecule has 106 valence electrons. The topological polar surface area (TPSA) is 41.9 Å². The fourth-order valence-electron chi connectivity index (χ4n) is 2.78. The number of hydrogen-bond donors (Lipinski definition) is 2. The number of aryl methyl sites for hydroxylation is 2. The molecule has 1 saturated heterocycles. The number of anilines is 1. The van der Waals surface area contributed by atoms with E-state index in [2.05, 4.69) is 47.1 Å². The highest BCUT2D eigenvalue weighted by molar-refractivity contribution is 5.78. The van der Waals surface area contributed by atoms with Gasteiger partial charge >= 0.3 is 0 Å². The fourth-order valence-corrected chi connectivity index (χ4v) is 2.78. The summed E-state index contributed by atoms with van der Waals surface area (Å²) in [5, 5.41) is 11.4. The minimum Gasteiger partial charge on any atom is -0.381 e. The molecule has 1 aromatic carbocycles. The first-order valence-corrected chi connectivity index (χ1v) is 7.29. The monoisotopic (exact) mass is 270 g/mol. The van der Waals surface area contributed by atoms with Crippen molar-refractivity contribution >= 4 is 5.69 Å². The van der Waals surface area contributed by atoms with Gasteiger partial charge in [-0.05, 0) is 38.4 Å². The van der Waals surface area contributed by atoms with E-state index in [1.54, 1.807) is 0 Å². The van der Waals surface area contributed by atoms with Gasteiger partial charge in [0.05, 0.1) is 6.20 Å². The molecule has 2 N–H and O–H groups in total. The predicted octanol–water partition coefficient (Wildman–Crippen LogP) is 2.56. The molecule has 0 radical (unpaired) electrons. The standard InChI is InChI=1S/C16H22N4/c1-12-5-6-16(19-14-4-3-7-17-10-14)15(8-12)13-9-18-20(2)11-13/h5-6,8-9,11,14,17,19H,3-4,7,10H2,1-2H3/t14-/m1/s1. The van der Waals surface area contributed by atoms with Crippen LogP contribution in [0.5, 0.6) is 0 Å². The van der Waals surface area contributed by atoms with Gasteiger partial charge in [0, 0.05) is 42.6 Å². The molecule has 4 heteroatoms. The van der Waals surface area contributed by atoms with E-state index in [4.69, 9.17) is 0 Å². The van der Waals surface area contributed by atoms with Crippen LogP contribution in [0.15, 0.2) is 30.6 Å². The summed E-state index contributed by atoms with van der Waals surface area (Å²) in [6, 6.07) is 7.10. The summed E-state index contributed by atoms with van der Waals surface area (Å²) in [6.07, 6.45) is 6.47. The predicted molar refractivity (Wildman–Crippen MR) is 82.9 cm³/mol. The second kappa shape index (κ2) is 5.67. The zero-order valence-corrected chi connectivity index (χ0v) is 12.2. The fraction of sp³-hybridized carbons (Fsp3) is 0.438. The van der Waals surface area contributed by atoms with E-state index in [1.165, 1.54) is 35.2 Å². The first-order valence-electron chi connectivity index (χ1n) is 7.29. The largest absolute Gasteiger partial charge is 0.381 e. The normalized spacial score (nSPS) is 19.0. The van der Waals surface area contributed by atoms with Gasteiger partial charge in [0.1, 0.15) is 0 Å². The van der Waals surface area contributed by atoms with E-state index in [0.717, 1.165) is 13.1 Å². The SMILES string of the molecule is Cc1ccc(N[C@@H]2CCCNC2)c(-c2cnn(C)c2)c1. The average molecular weight is 270 g/mol. The van der Waals surface area contributed by atoms with Crippen LogP contribution in [0, 0.1) is 6.92 Å². The van der Waals surface area contributed by atoms with E-state index in [-0.39, 0.29) is 0 Å². The number of piperidine rings is 1. The minimum absolute atomic E-state index is 0.516. The highest BCUT2D eigenvalue weighted by Crippen LogP contribution is 2.29. The van der Waals surface area contributed by atoms with Gasteiger partial charge < -0.3 is 10.6 Å². The molecule has 0 bridgehead atoms. The molecule has 1 fully saturated rings. The second-order valence-corrected chi connectivity index (χ2v) is 5.64. The van der Waals surface area contributed by atoms with Crippen LogP contribution in [0.3, 0.4) is 0 Å². The molecule has 1 atom stereocenters. The van der Waals surface area contributed by atoms with Crippen molar-refractivity contribution < 1.29 is 0 Å².